The Kier molecular flexibility index (Phi) is 25.3. The number of fused-ring (bicyclic) bond motifs is 22. The van der Waals surface area contributed by atoms with Gasteiger partial charge in [0.2, 0.25) is 0 Å². The van der Waals surface area contributed by atoms with E-state index >= 15 is 0 Å². The van der Waals surface area contributed by atoms with E-state index in [-0.39, 0.29) is 0 Å². The second-order valence-corrected chi connectivity index (χ2v) is 38.2. The van der Waals surface area contributed by atoms with Gasteiger partial charge < -0.3 is 9.97 Å². The SMILES string of the molecule is c1ccc2c(c1)CSCCSC1=C(SCCSC2)c2nc1nc1nc(nc3[nH]c(nc4[nH]c(n2)c2c4SCCSCc4ccccc4CSCCS2)c2c3SCCSCc3ccccc3CSCCS2)C2=C1SCCSCc1ccccc1CSCCS2. The molecule has 9 heterocycles. The molecule has 6 aliphatic heterocycles. The van der Waals surface area contributed by atoms with Crippen molar-refractivity contribution in [1.29, 1.82) is 0 Å². The number of nitrogens with one attached hydrogen (secondary N) is 2. The van der Waals surface area contributed by atoms with E-state index in [0.29, 0.717) is 11.6 Å². The molecule has 3 aromatic heterocycles. The number of nitrogens with zero attached hydrogens (tertiary/aromatic N) is 6. The zero-order valence-electron chi connectivity index (χ0n) is 48.4. The van der Waals surface area contributed by atoms with Gasteiger partial charge in [0.25, 0.3) is 0 Å². The van der Waals surface area contributed by atoms with E-state index in [1.807, 2.05) is 188 Å². The Balaban J connectivity index is 0.983. The zero-order valence-corrected chi connectivity index (χ0v) is 61.5. The molecule has 88 heavy (non-hydrogen) atoms. The average Bonchev–Trinajstić information content (AvgIpc) is 2.59. The molecule has 8 bridgehead atoms. The number of thioether (sulfide) groups is 16. The molecule has 0 fully saturated rings. The number of rotatable bonds is 0. The van der Waals surface area contributed by atoms with Crippen molar-refractivity contribution in [3.8, 4) is 0 Å². The lowest BCUT2D eigenvalue weighted by Gasteiger charge is -2.12. The van der Waals surface area contributed by atoms with Gasteiger partial charge in [-0.05, 0) is 44.5 Å². The van der Waals surface area contributed by atoms with Crippen molar-refractivity contribution < 1.29 is 0 Å². The van der Waals surface area contributed by atoms with E-state index in [4.69, 9.17) is 29.9 Å². The van der Waals surface area contributed by atoms with Crippen molar-refractivity contribution in [1.82, 2.24) is 39.9 Å². The van der Waals surface area contributed by atoms with E-state index < -0.39 is 0 Å². The van der Waals surface area contributed by atoms with Gasteiger partial charge in [0.1, 0.15) is 22.6 Å². The molecule has 458 valence electrons. The molecule has 8 nitrogen and oxygen atoms in total. The number of H-pyrrole nitrogens is 2. The van der Waals surface area contributed by atoms with Crippen LogP contribution in [0.2, 0.25) is 0 Å². The van der Waals surface area contributed by atoms with Crippen LogP contribution in [0, 0.1) is 0 Å². The van der Waals surface area contributed by atoms with Crippen molar-refractivity contribution in [2.75, 3.05) is 92.0 Å². The Morgan fingerprint density at radius 3 is 0.636 bits per heavy atom. The molecule has 0 atom stereocenters. The van der Waals surface area contributed by atoms with Crippen LogP contribution in [-0.4, -0.2) is 132 Å². The molecule has 0 amide bonds. The van der Waals surface area contributed by atoms with Gasteiger partial charge in [0.05, 0.1) is 39.2 Å². The van der Waals surface area contributed by atoms with Crippen LogP contribution in [0.15, 0.2) is 117 Å². The second kappa shape index (κ2) is 34.0. The fraction of sp³-hybridized carbons (Fsp3) is 0.375. The molecule has 2 N–H and O–H groups in total. The molecule has 0 aliphatic carbocycles. The summed E-state index contributed by atoms with van der Waals surface area (Å²) in [7, 11) is 0. The first-order valence-electron chi connectivity index (χ1n) is 29.4. The Morgan fingerprint density at radius 2 is 0.409 bits per heavy atom. The predicted molar refractivity (Wildman–Crippen MR) is 414 cm³/mol. The molecule has 0 radical (unpaired) electrons. The van der Waals surface area contributed by atoms with E-state index in [9.17, 15) is 0 Å². The normalized spacial score (nSPS) is 18.8. The maximum Gasteiger partial charge on any atom is 0.171 e. The Morgan fingerprint density at radius 1 is 0.216 bits per heavy atom. The minimum Gasteiger partial charge on any atom is -0.323 e. The quantitative estimate of drug-likeness (QED) is 0.150. The Bertz CT molecular complexity index is 3580. The van der Waals surface area contributed by atoms with Gasteiger partial charge in [-0.1, -0.05) is 97.1 Å². The molecule has 0 saturated carbocycles. The van der Waals surface area contributed by atoms with Crippen LogP contribution in [0.25, 0.3) is 42.2 Å². The highest BCUT2D eigenvalue weighted by molar-refractivity contribution is 8.15. The van der Waals surface area contributed by atoms with Crippen molar-refractivity contribution in [2.24, 2.45) is 0 Å². The minimum absolute atomic E-state index is 0.707. The topological polar surface area (TPSA) is 109 Å². The van der Waals surface area contributed by atoms with Crippen LogP contribution in [0.5, 0.6) is 0 Å². The molecule has 13 rings (SSSR count). The van der Waals surface area contributed by atoms with Gasteiger partial charge in [0.15, 0.2) is 23.3 Å². The fourth-order valence-corrected chi connectivity index (χ4v) is 28.5. The summed E-state index contributed by atoms with van der Waals surface area (Å²) >= 11 is 31.4. The third-order valence-corrected chi connectivity index (χ3v) is 34.0. The summed E-state index contributed by atoms with van der Waals surface area (Å²) in [5.41, 5.74) is 15.0. The second-order valence-electron chi connectivity index (χ2n) is 20.5. The lowest BCUT2D eigenvalue weighted by molar-refractivity contribution is 1.06. The Hall–Kier alpha value is -1.20. The van der Waals surface area contributed by atoms with Crippen molar-refractivity contribution in [3.05, 3.63) is 165 Å². The average molecular weight is 1460 g/mol. The summed E-state index contributed by atoms with van der Waals surface area (Å²) < 4.78 is 0. The van der Waals surface area contributed by atoms with Crippen LogP contribution < -0.4 is 0 Å². The van der Waals surface area contributed by atoms with Gasteiger partial charge in [0, 0.05) is 138 Å². The summed E-state index contributed by atoms with van der Waals surface area (Å²) in [6, 6.07) is 36.2. The first-order valence-corrected chi connectivity index (χ1v) is 46.5. The van der Waals surface area contributed by atoms with E-state index in [0.717, 1.165) is 212 Å². The summed E-state index contributed by atoms with van der Waals surface area (Å²) in [5.74, 6) is 26.4. The van der Waals surface area contributed by atoms with Gasteiger partial charge in [-0.3, -0.25) is 0 Å². The molecular weight excluding hydrogens is 1390 g/mol. The largest absolute Gasteiger partial charge is 0.323 e. The first kappa shape index (κ1) is 65.5. The third kappa shape index (κ3) is 17.1. The highest BCUT2D eigenvalue weighted by atomic mass is 32.2. The smallest absolute Gasteiger partial charge is 0.171 e. The third-order valence-electron chi connectivity index (χ3n) is 14.6. The predicted octanol–water partition coefficient (Wildman–Crippen LogP) is 19.6. The van der Waals surface area contributed by atoms with Gasteiger partial charge >= 0.3 is 0 Å². The first-order chi connectivity index (χ1) is 43.7. The minimum atomic E-state index is 0.707. The zero-order chi connectivity index (χ0) is 59.1. The van der Waals surface area contributed by atoms with Crippen LogP contribution in [-0.2, 0) is 46.0 Å². The number of benzene rings is 4. The Labute approximate surface area is 586 Å². The van der Waals surface area contributed by atoms with Crippen molar-refractivity contribution in [3.63, 3.8) is 0 Å². The standard InChI is InChI=1S/C64H66N8S16/c1-2-10-42-34-74-18-26-82-50-49(81-25-17-73-33-41(42)9-1)57-65-58(50)70-60-53-54(86-30-22-78-38-46-14-6-5-13-45(46)37-77-21-29-85-53)62(67-60)72-64-56-55(87-31-23-79-39-47-15-7-8-16-48(47)40-80-24-32-88-56)63(68-64)71-61-52-51(59(66-61)69-57)83-27-19-75-35-43-11-3-4-12-44(43)36-76-20-28-84-52/h1-16H,17-40H2,(H2,65,66,67,68,69,70,71,72). The molecule has 7 aromatic rings. The lowest BCUT2D eigenvalue weighted by Crippen LogP contribution is -1.97. The fourth-order valence-electron chi connectivity index (χ4n) is 10.2. The van der Waals surface area contributed by atoms with Gasteiger partial charge in [-0.15, -0.1) is 94.1 Å². The number of aromatic nitrogens is 8. The molecule has 4 aromatic carbocycles. The summed E-state index contributed by atoms with van der Waals surface area (Å²) in [6.07, 6.45) is 0. The molecule has 6 aliphatic rings. The highest BCUT2D eigenvalue weighted by Gasteiger charge is 2.30. The van der Waals surface area contributed by atoms with Crippen LogP contribution in [0.3, 0.4) is 0 Å². The van der Waals surface area contributed by atoms with Gasteiger partial charge in [-0.2, -0.15) is 94.1 Å². The lowest BCUT2D eigenvalue weighted by atomic mass is 10.1. The number of aromatic amines is 2. The van der Waals surface area contributed by atoms with E-state index in [1.54, 1.807) is 0 Å². The maximum atomic E-state index is 5.83. The van der Waals surface area contributed by atoms with Crippen LogP contribution >= 0.6 is 188 Å². The highest BCUT2D eigenvalue weighted by Crippen LogP contribution is 2.49. The van der Waals surface area contributed by atoms with E-state index in [2.05, 4.69) is 107 Å². The number of hydrogen-bond acceptors (Lipinski definition) is 22. The molecule has 0 spiro atoms. The van der Waals surface area contributed by atoms with Crippen molar-refractivity contribution in [2.45, 2.75) is 65.6 Å². The molecule has 0 saturated heterocycles. The van der Waals surface area contributed by atoms with Gasteiger partial charge in [-0.25, -0.2) is 29.9 Å². The van der Waals surface area contributed by atoms with Crippen molar-refractivity contribution >= 4 is 230 Å². The molecule has 24 heteroatoms. The summed E-state index contributed by atoms with van der Waals surface area (Å²) in [5, 5.41) is 0. The van der Waals surface area contributed by atoms with Crippen LogP contribution in [0.1, 0.15) is 67.8 Å². The number of hydrogen-bond donors (Lipinski definition) is 2. The van der Waals surface area contributed by atoms with E-state index in [1.165, 1.54) is 44.5 Å². The molecular formula is C64H66N8S16. The van der Waals surface area contributed by atoms with Crippen LogP contribution in [0.4, 0.5) is 0 Å². The summed E-state index contributed by atoms with van der Waals surface area (Å²) in [4.78, 5) is 51.3. The molecule has 0 unspecified atom stereocenters. The summed E-state index contributed by atoms with van der Waals surface area (Å²) in [6.45, 7) is 0. The maximum absolute atomic E-state index is 5.83. The monoisotopic (exact) mass is 1460 g/mol.